The van der Waals surface area contributed by atoms with Crippen LogP contribution >= 0.6 is 11.6 Å². The van der Waals surface area contributed by atoms with E-state index in [4.69, 9.17) is 11.6 Å². The van der Waals surface area contributed by atoms with E-state index in [0.29, 0.717) is 11.6 Å². The molecule has 0 radical (unpaired) electrons. The van der Waals surface area contributed by atoms with E-state index in [0.717, 1.165) is 16.7 Å². The number of rotatable bonds is 4. The molecule has 35 heavy (non-hydrogen) atoms. The summed E-state index contributed by atoms with van der Waals surface area (Å²) in [5, 5.41) is 2.61. The second-order valence-corrected chi connectivity index (χ2v) is 8.61. The summed E-state index contributed by atoms with van der Waals surface area (Å²) in [5.41, 5.74) is 6.52. The highest BCUT2D eigenvalue weighted by atomic mass is 35.5. The zero-order valence-corrected chi connectivity index (χ0v) is 19.5. The van der Waals surface area contributed by atoms with Crippen LogP contribution in [0.25, 0.3) is 55.8 Å². The van der Waals surface area contributed by atoms with Crippen molar-refractivity contribution in [3.8, 4) is 45.0 Å². The van der Waals surface area contributed by atoms with E-state index in [1.165, 1.54) is 27.5 Å². The first-order chi connectivity index (χ1) is 17.3. The average molecular weight is 470 g/mol. The maximum absolute atomic E-state index is 6.27. The van der Waals surface area contributed by atoms with Gasteiger partial charge in [-0.05, 0) is 44.6 Å². The van der Waals surface area contributed by atoms with Gasteiger partial charge >= 0.3 is 0 Å². The van der Waals surface area contributed by atoms with E-state index in [1.54, 1.807) is 0 Å². The molecule has 0 saturated carbocycles. The Labute approximate surface area is 208 Å². The highest BCUT2D eigenvalue weighted by molar-refractivity contribution is 6.28. The lowest BCUT2D eigenvalue weighted by atomic mass is 9.89. The Balaban J connectivity index is 1.47. The summed E-state index contributed by atoms with van der Waals surface area (Å²) in [5.74, 6) is 1.11. The summed E-state index contributed by atoms with van der Waals surface area (Å²) in [6.45, 7) is 0. The molecule has 0 bridgehead atoms. The maximum atomic E-state index is 6.27. The van der Waals surface area contributed by atoms with Gasteiger partial charge in [0.1, 0.15) is 0 Å². The van der Waals surface area contributed by atoms with E-state index in [9.17, 15) is 0 Å². The molecule has 166 valence electrons. The SMILES string of the molecule is Clc1nc(-c2ccccc2)nc(-c2ccc(-c3c(-c4ccccc4)ccc4ccccc34)cc2)n1. The number of benzene rings is 5. The molecule has 5 aromatic carbocycles. The van der Waals surface area contributed by atoms with Crippen LogP contribution in [0.3, 0.4) is 0 Å². The van der Waals surface area contributed by atoms with Crippen molar-refractivity contribution < 1.29 is 0 Å². The van der Waals surface area contributed by atoms with Crippen LogP contribution in [0.5, 0.6) is 0 Å². The lowest BCUT2D eigenvalue weighted by Gasteiger charge is -2.14. The molecule has 4 heteroatoms. The van der Waals surface area contributed by atoms with Crippen molar-refractivity contribution >= 4 is 22.4 Å². The summed E-state index contributed by atoms with van der Waals surface area (Å²) in [4.78, 5) is 13.4. The minimum absolute atomic E-state index is 0.179. The number of hydrogen-bond donors (Lipinski definition) is 0. The van der Waals surface area contributed by atoms with E-state index >= 15 is 0 Å². The standard InChI is InChI=1S/C31H20ClN3/c32-31-34-29(24-12-5-2-6-13-24)33-30(35-31)25-17-15-23(16-18-25)28-26-14-8-7-11-22(26)19-20-27(28)21-9-3-1-4-10-21/h1-20H. The Morgan fingerprint density at radius 2 is 0.971 bits per heavy atom. The number of hydrogen-bond acceptors (Lipinski definition) is 3. The molecule has 0 fully saturated rings. The van der Waals surface area contributed by atoms with Crippen LogP contribution in [0.2, 0.25) is 5.28 Å². The molecule has 6 rings (SSSR count). The van der Waals surface area contributed by atoms with Crippen LogP contribution in [0.15, 0.2) is 121 Å². The van der Waals surface area contributed by atoms with Gasteiger partial charge in [-0.25, -0.2) is 4.98 Å². The highest BCUT2D eigenvalue weighted by Gasteiger charge is 2.13. The molecule has 0 aliphatic heterocycles. The molecule has 0 unspecified atom stereocenters. The topological polar surface area (TPSA) is 38.7 Å². The second kappa shape index (κ2) is 9.13. The molecule has 6 aromatic rings. The molecule has 0 spiro atoms. The molecule has 0 aliphatic carbocycles. The molecule has 3 nitrogen and oxygen atoms in total. The number of aromatic nitrogens is 3. The molecule has 1 aromatic heterocycles. The fourth-order valence-corrected chi connectivity index (χ4v) is 4.58. The fraction of sp³-hybridized carbons (Fsp3) is 0. The predicted molar refractivity (Wildman–Crippen MR) is 144 cm³/mol. The zero-order chi connectivity index (χ0) is 23.6. The van der Waals surface area contributed by atoms with Gasteiger partial charge in [0, 0.05) is 11.1 Å². The van der Waals surface area contributed by atoms with Crippen LogP contribution in [-0.4, -0.2) is 15.0 Å². The first-order valence-corrected chi connectivity index (χ1v) is 11.8. The Morgan fingerprint density at radius 1 is 0.429 bits per heavy atom. The molecule has 0 saturated heterocycles. The normalized spacial score (nSPS) is 11.0. The third-order valence-electron chi connectivity index (χ3n) is 6.09. The Morgan fingerprint density at radius 3 is 1.66 bits per heavy atom. The van der Waals surface area contributed by atoms with Gasteiger partial charge in [0.05, 0.1) is 0 Å². The molecule has 1 heterocycles. The van der Waals surface area contributed by atoms with Crippen molar-refractivity contribution in [3.05, 3.63) is 127 Å². The molecular weight excluding hydrogens is 450 g/mol. The predicted octanol–water partition coefficient (Wildman–Crippen LogP) is 8.35. The molecule has 0 aliphatic rings. The van der Waals surface area contributed by atoms with Crippen LogP contribution < -0.4 is 0 Å². The van der Waals surface area contributed by atoms with Gasteiger partial charge in [0.2, 0.25) is 5.28 Å². The fourth-order valence-electron chi connectivity index (χ4n) is 4.42. The van der Waals surface area contributed by atoms with E-state index in [2.05, 4.69) is 87.7 Å². The van der Waals surface area contributed by atoms with Gasteiger partial charge < -0.3 is 0 Å². The van der Waals surface area contributed by atoms with Crippen molar-refractivity contribution in [3.63, 3.8) is 0 Å². The summed E-state index contributed by atoms with van der Waals surface area (Å²) >= 11 is 6.27. The quantitative estimate of drug-likeness (QED) is 0.260. The molecule has 0 atom stereocenters. The van der Waals surface area contributed by atoms with Crippen LogP contribution in [0, 0.1) is 0 Å². The van der Waals surface area contributed by atoms with E-state index in [1.807, 2.05) is 48.5 Å². The Bertz CT molecular complexity index is 1630. The van der Waals surface area contributed by atoms with Crippen LogP contribution in [0.4, 0.5) is 0 Å². The van der Waals surface area contributed by atoms with Gasteiger partial charge in [-0.3, -0.25) is 0 Å². The van der Waals surface area contributed by atoms with E-state index < -0.39 is 0 Å². The number of fused-ring (bicyclic) bond motifs is 1. The molecule has 0 N–H and O–H groups in total. The lowest BCUT2D eigenvalue weighted by molar-refractivity contribution is 1.07. The Kier molecular flexibility index (Phi) is 5.53. The molecule has 0 amide bonds. The van der Waals surface area contributed by atoms with Crippen molar-refractivity contribution in [2.75, 3.05) is 0 Å². The smallest absolute Gasteiger partial charge is 0.208 e. The summed E-state index contributed by atoms with van der Waals surface area (Å²) < 4.78 is 0. The zero-order valence-electron chi connectivity index (χ0n) is 18.8. The molecular formula is C31H20ClN3. The minimum Gasteiger partial charge on any atom is -0.208 e. The van der Waals surface area contributed by atoms with Gasteiger partial charge in [0.25, 0.3) is 0 Å². The first-order valence-electron chi connectivity index (χ1n) is 11.4. The highest BCUT2D eigenvalue weighted by Crippen LogP contribution is 2.38. The largest absolute Gasteiger partial charge is 0.226 e. The Hall–Kier alpha value is -4.34. The van der Waals surface area contributed by atoms with Gasteiger partial charge in [-0.2, -0.15) is 9.97 Å². The van der Waals surface area contributed by atoms with Crippen LogP contribution in [-0.2, 0) is 0 Å². The van der Waals surface area contributed by atoms with Gasteiger partial charge in [-0.15, -0.1) is 0 Å². The average Bonchev–Trinajstić information content (AvgIpc) is 2.93. The van der Waals surface area contributed by atoms with E-state index in [-0.39, 0.29) is 5.28 Å². The third kappa shape index (κ3) is 4.18. The number of halogens is 1. The summed E-state index contributed by atoms with van der Waals surface area (Å²) in [7, 11) is 0. The second-order valence-electron chi connectivity index (χ2n) is 8.27. The minimum atomic E-state index is 0.179. The van der Waals surface area contributed by atoms with Crippen LogP contribution in [0.1, 0.15) is 0 Å². The maximum Gasteiger partial charge on any atom is 0.226 e. The van der Waals surface area contributed by atoms with Crippen molar-refractivity contribution in [1.82, 2.24) is 15.0 Å². The monoisotopic (exact) mass is 469 g/mol. The lowest BCUT2D eigenvalue weighted by Crippen LogP contribution is -1.97. The van der Waals surface area contributed by atoms with Gasteiger partial charge in [-0.1, -0.05) is 121 Å². The summed E-state index contributed by atoms with van der Waals surface area (Å²) in [6, 6.07) is 41.5. The summed E-state index contributed by atoms with van der Waals surface area (Å²) in [6.07, 6.45) is 0. The third-order valence-corrected chi connectivity index (χ3v) is 6.25. The van der Waals surface area contributed by atoms with Crippen molar-refractivity contribution in [2.45, 2.75) is 0 Å². The first kappa shape index (κ1) is 21.2. The van der Waals surface area contributed by atoms with Gasteiger partial charge in [0.15, 0.2) is 11.6 Å². The van der Waals surface area contributed by atoms with Crippen molar-refractivity contribution in [1.29, 1.82) is 0 Å². The number of nitrogens with zero attached hydrogens (tertiary/aromatic N) is 3. The van der Waals surface area contributed by atoms with Crippen molar-refractivity contribution in [2.24, 2.45) is 0 Å².